The third kappa shape index (κ3) is 5.24. The first kappa shape index (κ1) is 21.1. The van der Waals surface area contributed by atoms with Crippen molar-refractivity contribution < 1.29 is 23.1 Å². The molecule has 30 heavy (non-hydrogen) atoms. The van der Waals surface area contributed by atoms with E-state index in [2.05, 4.69) is 10.0 Å². The predicted molar refractivity (Wildman–Crippen MR) is 113 cm³/mol. The largest absolute Gasteiger partial charge is 0.478 e. The van der Waals surface area contributed by atoms with Gasteiger partial charge in [-0.2, -0.15) is 0 Å². The fraction of sp³-hybridized carbons (Fsp3) is 0.0909. The number of para-hydroxylation sites is 1. The number of carbonyl (C=O) groups is 2. The van der Waals surface area contributed by atoms with E-state index >= 15 is 0 Å². The van der Waals surface area contributed by atoms with Crippen molar-refractivity contribution in [1.82, 2.24) is 5.32 Å². The number of sulfonamides is 1. The van der Waals surface area contributed by atoms with E-state index in [1.165, 1.54) is 36.4 Å². The number of benzene rings is 3. The molecular formula is C22H20N2O5S. The Balaban J connectivity index is 1.72. The van der Waals surface area contributed by atoms with Crippen LogP contribution in [0.2, 0.25) is 0 Å². The first-order valence-electron chi connectivity index (χ1n) is 9.14. The van der Waals surface area contributed by atoms with E-state index in [1.807, 2.05) is 30.3 Å². The van der Waals surface area contributed by atoms with Crippen LogP contribution in [0, 0.1) is 0 Å². The lowest BCUT2D eigenvalue weighted by Gasteiger charge is -2.13. The molecule has 1 amide bonds. The summed E-state index contributed by atoms with van der Waals surface area (Å²) in [6.07, 6.45) is 0.649. The third-order valence-corrected chi connectivity index (χ3v) is 5.75. The SMILES string of the molecule is O=C(O)c1ccc(S(=O)(=O)Nc2ccccc2C(=O)NCCc2ccccc2)cc1. The second kappa shape index (κ2) is 9.23. The monoisotopic (exact) mass is 424 g/mol. The molecule has 3 aromatic carbocycles. The van der Waals surface area contributed by atoms with Crippen molar-refractivity contribution >= 4 is 27.6 Å². The summed E-state index contributed by atoms with van der Waals surface area (Å²) in [5.41, 5.74) is 1.39. The van der Waals surface area contributed by atoms with Crippen LogP contribution in [-0.4, -0.2) is 31.9 Å². The molecule has 8 heteroatoms. The number of carbonyl (C=O) groups excluding carboxylic acids is 1. The summed E-state index contributed by atoms with van der Waals surface area (Å²) >= 11 is 0. The van der Waals surface area contributed by atoms with E-state index in [1.54, 1.807) is 12.1 Å². The standard InChI is InChI=1S/C22H20N2O5S/c25-21(23-15-14-16-6-2-1-3-7-16)19-8-4-5-9-20(19)24-30(28,29)18-12-10-17(11-13-18)22(26)27/h1-13,24H,14-15H2,(H,23,25)(H,26,27). The van der Waals surface area contributed by atoms with Crippen LogP contribution < -0.4 is 10.0 Å². The smallest absolute Gasteiger partial charge is 0.335 e. The molecule has 0 bridgehead atoms. The number of carboxylic acid groups (broad SMARTS) is 1. The van der Waals surface area contributed by atoms with Crippen LogP contribution in [0.4, 0.5) is 5.69 Å². The number of hydrogen-bond donors (Lipinski definition) is 3. The average molecular weight is 424 g/mol. The van der Waals surface area contributed by atoms with Gasteiger partial charge in [-0.25, -0.2) is 13.2 Å². The van der Waals surface area contributed by atoms with Gasteiger partial charge < -0.3 is 10.4 Å². The Morgan fingerprint density at radius 1 is 0.833 bits per heavy atom. The van der Waals surface area contributed by atoms with Gasteiger partial charge in [-0.05, 0) is 48.4 Å². The van der Waals surface area contributed by atoms with Gasteiger partial charge in [0, 0.05) is 6.54 Å². The normalized spacial score (nSPS) is 10.9. The molecule has 154 valence electrons. The topological polar surface area (TPSA) is 113 Å². The van der Waals surface area contributed by atoms with Gasteiger partial charge in [-0.15, -0.1) is 0 Å². The first-order chi connectivity index (χ1) is 14.4. The lowest BCUT2D eigenvalue weighted by atomic mass is 10.1. The number of rotatable bonds is 8. The first-order valence-corrected chi connectivity index (χ1v) is 10.6. The van der Waals surface area contributed by atoms with Gasteiger partial charge in [0.2, 0.25) is 0 Å². The van der Waals surface area contributed by atoms with Crippen molar-refractivity contribution in [3.63, 3.8) is 0 Å². The second-order valence-corrected chi connectivity index (χ2v) is 8.15. The number of hydrogen-bond acceptors (Lipinski definition) is 4. The lowest BCUT2D eigenvalue weighted by molar-refractivity contribution is 0.0696. The molecule has 3 N–H and O–H groups in total. The van der Waals surface area contributed by atoms with Crippen molar-refractivity contribution in [3.05, 3.63) is 95.6 Å². The quantitative estimate of drug-likeness (QED) is 0.514. The van der Waals surface area contributed by atoms with Crippen molar-refractivity contribution in [3.8, 4) is 0 Å². The van der Waals surface area contributed by atoms with Gasteiger partial charge in [0.05, 0.1) is 21.7 Å². The van der Waals surface area contributed by atoms with E-state index in [0.717, 1.165) is 5.56 Å². The molecule has 0 aliphatic heterocycles. The fourth-order valence-electron chi connectivity index (χ4n) is 2.81. The molecule has 0 fully saturated rings. The van der Waals surface area contributed by atoms with Crippen LogP contribution in [0.15, 0.2) is 83.8 Å². The Labute approximate surface area is 174 Å². The molecule has 3 aromatic rings. The highest BCUT2D eigenvalue weighted by molar-refractivity contribution is 7.92. The average Bonchev–Trinajstić information content (AvgIpc) is 2.74. The number of anilines is 1. The minimum atomic E-state index is -4.00. The number of aromatic carboxylic acids is 1. The molecule has 7 nitrogen and oxygen atoms in total. The fourth-order valence-corrected chi connectivity index (χ4v) is 3.89. The molecule has 0 saturated carbocycles. The van der Waals surface area contributed by atoms with Crippen LogP contribution in [0.1, 0.15) is 26.3 Å². The molecule has 3 rings (SSSR count). The molecule has 0 radical (unpaired) electrons. The van der Waals surface area contributed by atoms with Crippen molar-refractivity contribution in [2.75, 3.05) is 11.3 Å². The Morgan fingerprint density at radius 2 is 1.47 bits per heavy atom. The van der Waals surface area contributed by atoms with Crippen LogP contribution >= 0.6 is 0 Å². The summed E-state index contributed by atoms with van der Waals surface area (Å²) < 4.78 is 27.7. The molecule has 0 aliphatic carbocycles. The minimum Gasteiger partial charge on any atom is -0.478 e. The number of nitrogens with one attached hydrogen (secondary N) is 2. The van der Waals surface area contributed by atoms with E-state index < -0.39 is 21.9 Å². The van der Waals surface area contributed by atoms with E-state index in [-0.39, 0.29) is 21.7 Å². The van der Waals surface area contributed by atoms with Gasteiger partial charge in [0.15, 0.2) is 0 Å². The summed E-state index contributed by atoms with van der Waals surface area (Å²) in [6, 6.07) is 20.8. The Bertz CT molecular complexity index is 1140. The molecular weight excluding hydrogens is 404 g/mol. The molecule has 0 spiro atoms. The highest BCUT2D eigenvalue weighted by Crippen LogP contribution is 2.20. The van der Waals surface area contributed by atoms with Crippen LogP contribution in [0.25, 0.3) is 0 Å². The third-order valence-electron chi connectivity index (χ3n) is 4.37. The lowest BCUT2D eigenvalue weighted by Crippen LogP contribution is -2.27. The zero-order chi connectivity index (χ0) is 21.6. The highest BCUT2D eigenvalue weighted by atomic mass is 32.2. The summed E-state index contributed by atoms with van der Waals surface area (Å²) in [5.74, 6) is -1.55. The Hall–Kier alpha value is -3.65. The second-order valence-electron chi connectivity index (χ2n) is 6.47. The van der Waals surface area contributed by atoms with E-state index in [4.69, 9.17) is 5.11 Å². The summed E-state index contributed by atoms with van der Waals surface area (Å²) in [4.78, 5) is 23.4. The Morgan fingerprint density at radius 3 is 2.13 bits per heavy atom. The summed E-state index contributed by atoms with van der Waals surface area (Å²) in [7, 11) is -4.00. The van der Waals surface area contributed by atoms with Gasteiger partial charge in [0.25, 0.3) is 15.9 Å². The maximum Gasteiger partial charge on any atom is 0.335 e. The van der Waals surface area contributed by atoms with Crippen LogP contribution in [0.5, 0.6) is 0 Å². The highest BCUT2D eigenvalue weighted by Gasteiger charge is 2.19. The predicted octanol–water partition coefficient (Wildman–Crippen LogP) is 3.16. The van der Waals surface area contributed by atoms with Crippen molar-refractivity contribution in [2.24, 2.45) is 0 Å². The van der Waals surface area contributed by atoms with E-state index in [9.17, 15) is 18.0 Å². The summed E-state index contributed by atoms with van der Waals surface area (Å²) in [6.45, 7) is 0.403. The Kier molecular flexibility index (Phi) is 6.48. The molecule has 0 heterocycles. The maximum atomic E-state index is 12.7. The number of amides is 1. The van der Waals surface area contributed by atoms with Crippen LogP contribution in [-0.2, 0) is 16.4 Å². The van der Waals surface area contributed by atoms with E-state index in [0.29, 0.717) is 13.0 Å². The molecule has 0 aliphatic rings. The number of carboxylic acids is 1. The zero-order valence-electron chi connectivity index (χ0n) is 15.9. The van der Waals surface area contributed by atoms with Gasteiger partial charge in [-0.3, -0.25) is 9.52 Å². The zero-order valence-corrected chi connectivity index (χ0v) is 16.7. The summed E-state index contributed by atoms with van der Waals surface area (Å²) in [5, 5.41) is 11.7. The van der Waals surface area contributed by atoms with Gasteiger partial charge >= 0.3 is 5.97 Å². The van der Waals surface area contributed by atoms with Gasteiger partial charge in [0.1, 0.15) is 0 Å². The molecule has 0 unspecified atom stereocenters. The molecule has 0 aromatic heterocycles. The van der Waals surface area contributed by atoms with Gasteiger partial charge in [-0.1, -0.05) is 42.5 Å². The molecule has 0 atom stereocenters. The van der Waals surface area contributed by atoms with Crippen LogP contribution in [0.3, 0.4) is 0 Å². The molecule has 0 saturated heterocycles. The van der Waals surface area contributed by atoms with Crippen molar-refractivity contribution in [1.29, 1.82) is 0 Å². The maximum absolute atomic E-state index is 12.7. The van der Waals surface area contributed by atoms with Crippen molar-refractivity contribution in [2.45, 2.75) is 11.3 Å². The minimum absolute atomic E-state index is 0.0212.